The number of hydrogen-bond acceptors (Lipinski definition) is 5. The van der Waals surface area contributed by atoms with Gasteiger partial charge in [-0.15, -0.1) is 5.10 Å². The molecule has 4 nitrogen and oxygen atoms in total. The van der Waals surface area contributed by atoms with Crippen LogP contribution in [0.25, 0.3) is 0 Å². The first-order valence-corrected chi connectivity index (χ1v) is 5.35. The van der Waals surface area contributed by atoms with E-state index in [9.17, 15) is 0 Å². The van der Waals surface area contributed by atoms with Crippen molar-refractivity contribution >= 4 is 23.1 Å². The molecule has 6 heteroatoms. The summed E-state index contributed by atoms with van der Waals surface area (Å²) in [6.07, 6.45) is 1.06. The fourth-order valence-electron chi connectivity index (χ4n) is 1.51. The molecule has 72 valence electrons. The zero-order chi connectivity index (χ0) is 9.26. The molecule has 1 aromatic rings. The molecule has 0 unspecified atom stereocenters. The van der Waals surface area contributed by atoms with Crippen LogP contribution in [0.1, 0.15) is 12.1 Å². The van der Waals surface area contributed by atoms with Crippen LogP contribution in [-0.2, 0) is 6.54 Å². The highest BCUT2D eigenvalue weighted by molar-refractivity contribution is 7.10. The molecule has 2 heterocycles. The molecule has 2 rings (SSSR count). The van der Waals surface area contributed by atoms with Crippen molar-refractivity contribution in [2.75, 3.05) is 13.1 Å². The van der Waals surface area contributed by atoms with E-state index in [2.05, 4.69) is 14.5 Å². The molecule has 0 radical (unpaired) electrons. The first-order chi connectivity index (χ1) is 6.25. The molecule has 0 aliphatic carbocycles. The number of aromatic nitrogens is 2. The first-order valence-electron chi connectivity index (χ1n) is 4.20. The Morgan fingerprint density at radius 2 is 2.54 bits per heavy atom. The highest BCUT2D eigenvalue weighted by atomic mass is 35.5. The lowest BCUT2D eigenvalue weighted by molar-refractivity contribution is 0.322. The van der Waals surface area contributed by atoms with Crippen LogP contribution < -0.4 is 5.73 Å². The summed E-state index contributed by atoms with van der Waals surface area (Å²) in [5.41, 5.74) is 6.66. The van der Waals surface area contributed by atoms with E-state index >= 15 is 0 Å². The highest BCUT2D eigenvalue weighted by Crippen LogP contribution is 2.20. The Morgan fingerprint density at radius 1 is 1.69 bits per heavy atom. The van der Waals surface area contributed by atoms with E-state index in [4.69, 9.17) is 17.3 Å². The third-order valence-corrected chi connectivity index (χ3v) is 3.18. The van der Waals surface area contributed by atoms with E-state index in [0.717, 1.165) is 31.7 Å². The predicted molar refractivity (Wildman–Crippen MR) is 52.8 cm³/mol. The van der Waals surface area contributed by atoms with E-state index in [1.54, 1.807) is 0 Å². The number of rotatable bonds is 2. The zero-order valence-electron chi connectivity index (χ0n) is 7.11. The van der Waals surface area contributed by atoms with Crippen LogP contribution in [0.15, 0.2) is 0 Å². The summed E-state index contributed by atoms with van der Waals surface area (Å²) in [5.74, 6) is 0. The Morgan fingerprint density at radius 3 is 3.08 bits per heavy atom. The minimum atomic E-state index is 0.311. The predicted octanol–water partition coefficient (Wildman–Crippen LogP) is 0.724. The van der Waals surface area contributed by atoms with Crippen molar-refractivity contribution in [1.29, 1.82) is 0 Å². The van der Waals surface area contributed by atoms with Crippen molar-refractivity contribution in [1.82, 2.24) is 14.5 Å². The maximum atomic E-state index is 5.89. The molecule has 1 aliphatic heterocycles. The second kappa shape index (κ2) is 3.88. The van der Waals surface area contributed by atoms with Gasteiger partial charge in [-0.25, -0.2) is 0 Å². The van der Waals surface area contributed by atoms with Gasteiger partial charge in [0.15, 0.2) is 0 Å². The van der Waals surface area contributed by atoms with Crippen molar-refractivity contribution in [2.24, 2.45) is 5.73 Å². The first kappa shape index (κ1) is 9.33. The van der Waals surface area contributed by atoms with E-state index in [-0.39, 0.29) is 0 Å². The van der Waals surface area contributed by atoms with Crippen LogP contribution in [0, 0.1) is 0 Å². The number of hydrogen-bond donors (Lipinski definition) is 1. The molecule has 0 spiro atoms. The molecule has 1 fully saturated rings. The number of halogens is 1. The topological polar surface area (TPSA) is 55.0 Å². The Labute approximate surface area is 85.8 Å². The molecule has 0 saturated carbocycles. The second-order valence-corrected chi connectivity index (χ2v) is 4.63. The van der Waals surface area contributed by atoms with Crippen LogP contribution in [0.5, 0.6) is 0 Å². The van der Waals surface area contributed by atoms with Gasteiger partial charge in [0, 0.05) is 37.2 Å². The summed E-state index contributed by atoms with van der Waals surface area (Å²) in [4.78, 5) is 2.26. The van der Waals surface area contributed by atoms with Gasteiger partial charge in [0.2, 0.25) is 0 Å². The number of nitrogens with two attached hydrogens (primary N) is 1. The quantitative estimate of drug-likeness (QED) is 0.795. The Kier molecular flexibility index (Phi) is 2.78. The second-order valence-electron chi connectivity index (χ2n) is 3.28. The van der Waals surface area contributed by atoms with E-state index < -0.39 is 0 Å². The van der Waals surface area contributed by atoms with Crippen molar-refractivity contribution in [3.63, 3.8) is 0 Å². The van der Waals surface area contributed by atoms with Crippen molar-refractivity contribution in [2.45, 2.75) is 19.0 Å². The smallest absolute Gasteiger partial charge is 0.138 e. The van der Waals surface area contributed by atoms with E-state index in [1.807, 2.05) is 0 Å². The van der Waals surface area contributed by atoms with E-state index in [0.29, 0.717) is 10.4 Å². The zero-order valence-corrected chi connectivity index (χ0v) is 8.68. The molecule has 2 N–H and O–H groups in total. The van der Waals surface area contributed by atoms with Crippen molar-refractivity contribution in [3.8, 4) is 0 Å². The Hall–Kier alpha value is -0.230. The van der Waals surface area contributed by atoms with Gasteiger partial charge >= 0.3 is 0 Å². The minimum absolute atomic E-state index is 0.311. The lowest BCUT2D eigenvalue weighted by Gasteiger charge is -2.12. The molecule has 0 aromatic carbocycles. The maximum absolute atomic E-state index is 5.89. The molecule has 1 aliphatic rings. The van der Waals surface area contributed by atoms with Crippen molar-refractivity contribution < 1.29 is 0 Å². The third-order valence-electron chi connectivity index (χ3n) is 2.19. The fourth-order valence-corrected chi connectivity index (χ4v) is 2.12. The largest absolute Gasteiger partial charge is 0.326 e. The van der Waals surface area contributed by atoms with Crippen LogP contribution in [0.4, 0.5) is 0 Å². The van der Waals surface area contributed by atoms with Gasteiger partial charge in [0.05, 0.1) is 0 Å². The molecular formula is C7H11ClN4S. The summed E-state index contributed by atoms with van der Waals surface area (Å²) < 4.78 is 4.48. The number of nitrogens with zero attached hydrogens (tertiary/aromatic N) is 3. The monoisotopic (exact) mass is 218 g/mol. The standard InChI is InChI=1S/C7H11ClN4S/c8-7-6(10-11-13-7)4-12-2-1-5(9)3-12/h5H,1-4,9H2/t5-/m1/s1. The fraction of sp³-hybridized carbons (Fsp3) is 0.714. The van der Waals surface area contributed by atoms with Gasteiger partial charge in [-0.1, -0.05) is 16.1 Å². The van der Waals surface area contributed by atoms with E-state index in [1.165, 1.54) is 11.5 Å². The average molecular weight is 219 g/mol. The minimum Gasteiger partial charge on any atom is -0.326 e. The lowest BCUT2D eigenvalue weighted by Crippen LogP contribution is -2.26. The van der Waals surface area contributed by atoms with Crippen LogP contribution in [-0.4, -0.2) is 33.6 Å². The van der Waals surface area contributed by atoms with Gasteiger partial charge in [-0.05, 0) is 6.42 Å². The molecule has 0 bridgehead atoms. The lowest BCUT2D eigenvalue weighted by atomic mass is 10.3. The molecule has 1 aromatic heterocycles. The molecule has 1 atom stereocenters. The third kappa shape index (κ3) is 2.17. The summed E-state index contributed by atoms with van der Waals surface area (Å²) in [6, 6.07) is 0.311. The summed E-state index contributed by atoms with van der Waals surface area (Å²) >= 11 is 7.13. The Bertz CT molecular complexity index is 290. The van der Waals surface area contributed by atoms with Crippen LogP contribution in [0.2, 0.25) is 4.34 Å². The molecule has 0 amide bonds. The SMILES string of the molecule is N[C@@H]1CCN(Cc2nnsc2Cl)C1. The molecule has 13 heavy (non-hydrogen) atoms. The summed E-state index contributed by atoms with van der Waals surface area (Å²) in [7, 11) is 0. The average Bonchev–Trinajstić information content (AvgIpc) is 2.64. The molecule has 1 saturated heterocycles. The van der Waals surface area contributed by atoms with Gasteiger partial charge in [-0.3, -0.25) is 4.90 Å². The highest BCUT2D eigenvalue weighted by Gasteiger charge is 2.20. The normalized spacial score (nSPS) is 24.0. The van der Waals surface area contributed by atoms with Gasteiger partial charge in [0.1, 0.15) is 10.0 Å². The summed E-state index contributed by atoms with van der Waals surface area (Å²) in [6.45, 7) is 2.76. The molecular weight excluding hydrogens is 208 g/mol. The number of likely N-dealkylation sites (tertiary alicyclic amines) is 1. The van der Waals surface area contributed by atoms with Crippen LogP contribution >= 0.6 is 23.1 Å². The van der Waals surface area contributed by atoms with Crippen molar-refractivity contribution in [3.05, 3.63) is 10.0 Å². The van der Waals surface area contributed by atoms with Gasteiger partial charge in [0.25, 0.3) is 0 Å². The summed E-state index contributed by atoms with van der Waals surface area (Å²) in [5, 5.41) is 3.96. The van der Waals surface area contributed by atoms with Crippen LogP contribution in [0.3, 0.4) is 0 Å². The van der Waals surface area contributed by atoms with Gasteiger partial charge < -0.3 is 5.73 Å². The Balaban J connectivity index is 1.95. The van der Waals surface area contributed by atoms with Gasteiger partial charge in [-0.2, -0.15) is 0 Å². The maximum Gasteiger partial charge on any atom is 0.138 e.